The van der Waals surface area contributed by atoms with Gasteiger partial charge >= 0.3 is 6.09 Å². The van der Waals surface area contributed by atoms with Crippen LogP contribution in [0.2, 0.25) is 0 Å². The topological polar surface area (TPSA) is 29.5 Å². The van der Waals surface area contributed by atoms with Gasteiger partial charge in [-0.2, -0.15) is 0 Å². The Kier molecular flexibility index (Phi) is 3.19. The maximum absolute atomic E-state index is 11.6. The highest BCUT2D eigenvalue weighted by Crippen LogP contribution is 2.16. The molecule has 1 aliphatic rings. The third-order valence-corrected chi connectivity index (χ3v) is 1.84. The lowest BCUT2D eigenvalue weighted by Gasteiger charge is -2.29. The second-order valence-electron chi connectivity index (χ2n) is 4.58. The van der Waals surface area contributed by atoms with Crippen LogP contribution in [0.25, 0.3) is 0 Å². The van der Waals surface area contributed by atoms with Gasteiger partial charge in [0.05, 0.1) is 6.54 Å². The maximum atomic E-state index is 11.6. The normalized spacial score (nSPS) is 17.7. The van der Waals surface area contributed by atoms with E-state index in [1.807, 2.05) is 34.2 Å². The predicted octanol–water partition coefficient (Wildman–Crippen LogP) is 2.74. The molecule has 3 nitrogen and oxygen atoms in total. The first-order valence-electron chi connectivity index (χ1n) is 4.87. The van der Waals surface area contributed by atoms with Crippen molar-refractivity contribution in [1.29, 1.82) is 0 Å². The van der Waals surface area contributed by atoms with E-state index in [2.05, 4.69) is 6.08 Å². The lowest BCUT2D eigenvalue weighted by atomic mass is 10.1. The van der Waals surface area contributed by atoms with Gasteiger partial charge in [0.25, 0.3) is 0 Å². The molecule has 1 rings (SSSR count). The van der Waals surface area contributed by atoms with Crippen LogP contribution >= 0.6 is 0 Å². The number of ether oxygens (including phenoxy) is 1. The zero-order valence-electron chi connectivity index (χ0n) is 9.33. The summed E-state index contributed by atoms with van der Waals surface area (Å²) in [7, 11) is 0. The molecule has 1 radical (unpaired) electrons. The Bertz CT molecular complexity index is 251. The van der Waals surface area contributed by atoms with Crippen molar-refractivity contribution < 1.29 is 9.53 Å². The minimum atomic E-state index is -0.417. The molecule has 79 valence electrons. The maximum Gasteiger partial charge on any atom is 0.410 e. The number of amides is 1. The number of nitrogens with zero attached hydrogens (tertiary/aromatic N) is 1. The van der Waals surface area contributed by atoms with Gasteiger partial charge in [-0.15, -0.1) is 0 Å². The van der Waals surface area contributed by atoms with Crippen molar-refractivity contribution in [2.45, 2.75) is 39.7 Å². The van der Waals surface area contributed by atoms with E-state index in [-0.39, 0.29) is 6.09 Å². The van der Waals surface area contributed by atoms with Crippen molar-refractivity contribution in [1.82, 2.24) is 4.90 Å². The van der Waals surface area contributed by atoms with Crippen LogP contribution in [-0.4, -0.2) is 23.1 Å². The van der Waals surface area contributed by atoms with E-state index >= 15 is 0 Å². The highest BCUT2D eigenvalue weighted by molar-refractivity contribution is 5.69. The molecule has 0 saturated heterocycles. The molecule has 3 heteroatoms. The van der Waals surface area contributed by atoms with Crippen LogP contribution in [0, 0.1) is 6.54 Å². The first-order chi connectivity index (χ1) is 6.38. The molecule has 1 amide bonds. The van der Waals surface area contributed by atoms with E-state index in [9.17, 15) is 4.79 Å². The number of hydrogen-bond donors (Lipinski definition) is 0. The summed E-state index contributed by atoms with van der Waals surface area (Å²) in [5, 5.41) is 0. The molecule has 0 N–H and O–H groups in total. The van der Waals surface area contributed by atoms with Crippen molar-refractivity contribution in [2.75, 3.05) is 6.54 Å². The molecule has 0 spiro atoms. The van der Waals surface area contributed by atoms with Crippen LogP contribution in [0.15, 0.2) is 11.6 Å². The van der Waals surface area contributed by atoms with E-state index in [0.29, 0.717) is 6.54 Å². The lowest BCUT2D eigenvalue weighted by molar-refractivity contribution is 0.0311. The van der Waals surface area contributed by atoms with Crippen LogP contribution in [0.4, 0.5) is 4.79 Å². The van der Waals surface area contributed by atoms with Crippen molar-refractivity contribution in [2.24, 2.45) is 0 Å². The molecule has 0 atom stereocenters. The molecule has 1 aliphatic heterocycles. The Hall–Kier alpha value is -0.990. The van der Waals surface area contributed by atoms with Gasteiger partial charge in [-0.05, 0) is 34.1 Å². The predicted molar refractivity (Wildman–Crippen MR) is 55.6 cm³/mol. The largest absolute Gasteiger partial charge is 0.444 e. The summed E-state index contributed by atoms with van der Waals surface area (Å²) in [6, 6.07) is 0. The Morgan fingerprint density at radius 2 is 2.14 bits per heavy atom. The Balaban J connectivity index is 2.50. The van der Waals surface area contributed by atoms with Crippen LogP contribution in [0.5, 0.6) is 0 Å². The molecule has 0 bridgehead atoms. The molecule has 0 fully saturated rings. The minimum absolute atomic E-state index is 0.259. The van der Waals surface area contributed by atoms with Crippen LogP contribution in [0.1, 0.15) is 34.1 Å². The van der Waals surface area contributed by atoms with Gasteiger partial charge in [-0.3, -0.25) is 4.90 Å². The van der Waals surface area contributed by atoms with Gasteiger partial charge in [-0.1, -0.05) is 11.6 Å². The molecule has 0 aromatic carbocycles. The van der Waals surface area contributed by atoms with E-state index in [1.54, 1.807) is 4.90 Å². The molecule has 0 aromatic heterocycles. The minimum Gasteiger partial charge on any atom is -0.444 e. The zero-order valence-corrected chi connectivity index (χ0v) is 9.33. The highest BCUT2D eigenvalue weighted by atomic mass is 16.6. The highest BCUT2D eigenvalue weighted by Gasteiger charge is 2.23. The molecule has 0 aliphatic carbocycles. The smallest absolute Gasteiger partial charge is 0.410 e. The van der Waals surface area contributed by atoms with Crippen LogP contribution < -0.4 is 0 Å². The quantitative estimate of drug-likeness (QED) is 0.557. The van der Waals surface area contributed by atoms with Crippen molar-refractivity contribution >= 4 is 6.09 Å². The first-order valence-corrected chi connectivity index (χ1v) is 4.87. The summed E-state index contributed by atoms with van der Waals surface area (Å²) in [6.07, 6.45) is 2.66. The molecule has 0 aromatic rings. The van der Waals surface area contributed by atoms with Gasteiger partial charge in [0.2, 0.25) is 0 Å². The summed E-state index contributed by atoms with van der Waals surface area (Å²) < 4.78 is 5.25. The molecule has 0 saturated carbocycles. The average Bonchev–Trinajstić information content (AvgIpc) is 2.01. The van der Waals surface area contributed by atoms with E-state index < -0.39 is 5.60 Å². The molecule has 0 unspecified atom stereocenters. The summed E-state index contributed by atoms with van der Waals surface area (Å²) in [6.45, 7) is 10.1. The van der Waals surface area contributed by atoms with Gasteiger partial charge in [0.15, 0.2) is 0 Å². The van der Waals surface area contributed by atoms with Gasteiger partial charge < -0.3 is 4.74 Å². The lowest BCUT2D eigenvalue weighted by Crippen LogP contribution is -2.37. The summed E-state index contributed by atoms with van der Waals surface area (Å²) >= 11 is 0. The number of carbonyl (C=O) groups is 1. The average molecular weight is 196 g/mol. The van der Waals surface area contributed by atoms with E-state index in [1.165, 1.54) is 5.57 Å². The SMILES string of the molecule is CC1=CC[CH]N(C(=O)OC(C)(C)C)C1. The van der Waals surface area contributed by atoms with Crippen molar-refractivity contribution in [3.63, 3.8) is 0 Å². The summed E-state index contributed by atoms with van der Waals surface area (Å²) in [5.41, 5.74) is 0.790. The summed E-state index contributed by atoms with van der Waals surface area (Å²) in [5.74, 6) is 0. The van der Waals surface area contributed by atoms with Crippen molar-refractivity contribution in [3.8, 4) is 0 Å². The fourth-order valence-electron chi connectivity index (χ4n) is 1.24. The fraction of sp³-hybridized carbons (Fsp3) is 0.636. The second-order valence-corrected chi connectivity index (χ2v) is 4.58. The number of carbonyl (C=O) groups excluding carboxylic acids is 1. The Morgan fingerprint density at radius 3 is 2.64 bits per heavy atom. The number of hydrogen-bond acceptors (Lipinski definition) is 2. The van der Waals surface area contributed by atoms with E-state index in [4.69, 9.17) is 4.74 Å². The van der Waals surface area contributed by atoms with Gasteiger partial charge in [0, 0.05) is 6.54 Å². The summed E-state index contributed by atoms with van der Waals surface area (Å²) in [4.78, 5) is 13.2. The van der Waals surface area contributed by atoms with Gasteiger partial charge in [0.1, 0.15) is 5.60 Å². The third kappa shape index (κ3) is 3.40. The standard InChI is InChI=1S/C11H18NO2/c1-9-6-5-7-12(8-9)10(13)14-11(2,3)4/h6-7H,5,8H2,1-4H3. The number of rotatable bonds is 0. The Morgan fingerprint density at radius 1 is 1.50 bits per heavy atom. The van der Waals surface area contributed by atoms with Gasteiger partial charge in [-0.25, -0.2) is 4.79 Å². The monoisotopic (exact) mass is 196 g/mol. The van der Waals surface area contributed by atoms with E-state index in [0.717, 1.165) is 6.42 Å². The van der Waals surface area contributed by atoms with Crippen LogP contribution in [0.3, 0.4) is 0 Å². The van der Waals surface area contributed by atoms with Crippen molar-refractivity contribution in [3.05, 3.63) is 18.2 Å². The second kappa shape index (κ2) is 4.03. The fourth-order valence-corrected chi connectivity index (χ4v) is 1.24. The molecular weight excluding hydrogens is 178 g/mol. The zero-order chi connectivity index (χ0) is 10.8. The Labute approximate surface area is 85.7 Å². The van der Waals surface area contributed by atoms with Crippen LogP contribution in [-0.2, 0) is 4.74 Å². The molecule has 14 heavy (non-hydrogen) atoms. The first kappa shape index (κ1) is 11.1. The molecular formula is C11H18NO2. The third-order valence-electron chi connectivity index (χ3n) is 1.84. The molecule has 1 heterocycles.